The Hall–Kier alpha value is -2.29. The van der Waals surface area contributed by atoms with Gasteiger partial charge in [-0.25, -0.2) is 0 Å². The molecule has 0 bridgehead atoms. The van der Waals surface area contributed by atoms with Crippen molar-refractivity contribution in [2.75, 3.05) is 12.8 Å². The van der Waals surface area contributed by atoms with Crippen molar-refractivity contribution in [3.05, 3.63) is 58.7 Å². The molecule has 2 rings (SSSR count). The molecule has 0 radical (unpaired) electrons. The molecule has 0 amide bonds. The largest absolute Gasteiger partial charge is 0.495 e. The van der Waals surface area contributed by atoms with Crippen LogP contribution in [0.5, 0.6) is 5.75 Å². The molecule has 21 heavy (non-hydrogen) atoms. The van der Waals surface area contributed by atoms with Crippen LogP contribution in [-0.2, 0) is 12.8 Å². The molecular formula is C18H21NO2. The fourth-order valence-electron chi connectivity index (χ4n) is 2.48. The number of nitrogen functional groups attached to an aromatic ring is 1. The number of ether oxygens (including phenoxy) is 1. The van der Waals surface area contributed by atoms with Crippen molar-refractivity contribution in [2.24, 2.45) is 0 Å². The van der Waals surface area contributed by atoms with Crippen LogP contribution in [0.15, 0.2) is 36.4 Å². The van der Waals surface area contributed by atoms with Gasteiger partial charge in [0.1, 0.15) is 5.75 Å². The first-order chi connectivity index (χ1) is 10.1. The van der Waals surface area contributed by atoms with Gasteiger partial charge in [-0.15, -0.1) is 0 Å². The Balaban J connectivity index is 2.38. The van der Waals surface area contributed by atoms with Crippen LogP contribution in [0.2, 0.25) is 0 Å². The molecule has 0 saturated heterocycles. The fraction of sp³-hybridized carbons (Fsp3) is 0.278. The molecule has 3 nitrogen and oxygen atoms in total. The topological polar surface area (TPSA) is 52.3 Å². The van der Waals surface area contributed by atoms with Crippen LogP contribution in [0, 0.1) is 0 Å². The summed E-state index contributed by atoms with van der Waals surface area (Å²) < 4.78 is 5.12. The number of methoxy groups -OCH3 is 1. The van der Waals surface area contributed by atoms with Crippen molar-refractivity contribution in [1.29, 1.82) is 0 Å². The van der Waals surface area contributed by atoms with Gasteiger partial charge in [0, 0.05) is 11.1 Å². The predicted octanol–water partition coefficient (Wildman–Crippen LogP) is 3.63. The predicted molar refractivity (Wildman–Crippen MR) is 86.0 cm³/mol. The average Bonchev–Trinajstić information content (AvgIpc) is 2.53. The van der Waals surface area contributed by atoms with Crippen LogP contribution in [0.1, 0.15) is 40.9 Å². The standard InChI is InChI=1S/C18H21NO2/c1-4-12-6-7-14(10-13(12)5-2)18(20)15-8-9-17(21-3)16(19)11-15/h6-11H,4-5,19H2,1-3H3. The molecule has 2 aromatic rings. The van der Waals surface area contributed by atoms with Crippen LogP contribution >= 0.6 is 0 Å². The van der Waals surface area contributed by atoms with E-state index in [1.54, 1.807) is 25.3 Å². The summed E-state index contributed by atoms with van der Waals surface area (Å²) in [5.74, 6) is 0.573. The number of ketones is 1. The van der Waals surface area contributed by atoms with Gasteiger partial charge in [-0.2, -0.15) is 0 Å². The summed E-state index contributed by atoms with van der Waals surface area (Å²) >= 11 is 0. The van der Waals surface area contributed by atoms with E-state index in [9.17, 15) is 4.79 Å². The number of hydrogen-bond donors (Lipinski definition) is 1. The van der Waals surface area contributed by atoms with Gasteiger partial charge in [-0.05, 0) is 48.2 Å². The minimum absolute atomic E-state index is 0.0123. The lowest BCUT2D eigenvalue weighted by molar-refractivity contribution is 0.103. The second-order valence-corrected chi connectivity index (χ2v) is 4.98. The number of carbonyl (C=O) groups excluding carboxylic acids is 1. The maximum Gasteiger partial charge on any atom is 0.193 e. The number of nitrogens with two attached hydrogens (primary N) is 1. The SMILES string of the molecule is CCc1ccc(C(=O)c2ccc(OC)c(N)c2)cc1CC. The quantitative estimate of drug-likeness (QED) is 0.673. The Morgan fingerprint density at radius 2 is 1.62 bits per heavy atom. The summed E-state index contributed by atoms with van der Waals surface area (Å²) in [6, 6.07) is 11.1. The summed E-state index contributed by atoms with van der Waals surface area (Å²) in [5, 5.41) is 0. The summed E-state index contributed by atoms with van der Waals surface area (Å²) in [4.78, 5) is 12.6. The molecule has 2 aromatic carbocycles. The Bertz CT molecular complexity index is 662. The Morgan fingerprint density at radius 3 is 2.19 bits per heavy atom. The van der Waals surface area contributed by atoms with Crippen molar-refractivity contribution in [2.45, 2.75) is 26.7 Å². The molecule has 0 aliphatic carbocycles. The number of hydrogen-bond acceptors (Lipinski definition) is 3. The van der Waals surface area contributed by atoms with E-state index >= 15 is 0 Å². The number of benzene rings is 2. The summed E-state index contributed by atoms with van der Waals surface area (Å²) in [6.45, 7) is 4.23. The van der Waals surface area contributed by atoms with Gasteiger partial charge in [0.2, 0.25) is 0 Å². The zero-order valence-corrected chi connectivity index (χ0v) is 12.8. The normalized spacial score (nSPS) is 10.4. The fourth-order valence-corrected chi connectivity index (χ4v) is 2.48. The zero-order valence-electron chi connectivity index (χ0n) is 12.8. The first kappa shape index (κ1) is 15.1. The van der Waals surface area contributed by atoms with Crippen LogP contribution in [-0.4, -0.2) is 12.9 Å². The lowest BCUT2D eigenvalue weighted by Gasteiger charge is -2.10. The van der Waals surface area contributed by atoms with E-state index in [1.807, 2.05) is 18.2 Å². The van der Waals surface area contributed by atoms with Gasteiger partial charge >= 0.3 is 0 Å². The first-order valence-electron chi connectivity index (χ1n) is 7.20. The van der Waals surface area contributed by atoms with E-state index in [-0.39, 0.29) is 5.78 Å². The van der Waals surface area contributed by atoms with Crippen LogP contribution in [0.25, 0.3) is 0 Å². The van der Waals surface area contributed by atoms with Gasteiger partial charge in [-0.1, -0.05) is 26.0 Å². The molecule has 0 saturated carbocycles. The minimum Gasteiger partial charge on any atom is -0.495 e. The highest BCUT2D eigenvalue weighted by Crippen LogP contribution is 2.24. The van der Waals surface area contributed by atoms with Crippen LogP contribution < -0.4 is 10.5 Å². The molecule has 110 valence electrons. The summed E-state index contributed by atoms with van der Waals surface area (Å²) in [7, 11) is 1.56. The number of anilines is 1. The van der Waals surface area contributed by atoms with E-state index in [0.29, 0.717) is 22.6 Å². The number of rotatable bonds is 5. The number of aryl methyl sites for hydroxylation is 2. The average molecular weight is 283 g/mol. The molecule has 0 unspecified atom stereocenters. The molecule has 0 atom stereocenters. The maximum absolute atomic E-state index is 12.6. The van der Waals surface area contributed by atoms with Gasteiger partial charge in [0.15, 0.2) is 5.78 Å². The van der Waals surface area contributed by atoms with E-state index in [4.69, 9.17) is 10.5 Å². The summed E-state index contributed by atoms with van der Waals surface area (Å²) in [6.07, 6.45) is 1.90. The van der Waals surface area contributed by atoms with Crippen molar-refractivity contribution in [1.82, 2.24) is 0 Å². The molecule has 2 N–H and O–H groups in total. The van der Waals surface area contributed by atoms with Crippen LogP contribution in [0.4, 0.5) is 5.69 Å². The Morgan fingerprint density at radius 1 is 1.00 bits per heavy atom. The van der Waals surface area contributed by atoms with Crippen LogP contribution in [0.3, 0.4) is 0 Å². The molecule has 0 heterocycles. The third-order valence-electron chi connectivity index (χ3n) is 3.72. The Labute approximate surface area is 125 Å². The highest BCUT2D eigenvalue weighted by molar-refractivity contribution is 6.09. The molecule has 0 aliphatic heterocycles. The summed E-state index contributed by atoms with van der Waals surface area (Å²) in [5.41, 5.74) is 10.2. The maximum atomic E-state index is 12.6. The minimum atomic E-state index is -0.0123. The van der Waals surface area contributed by atoms with Gasteiger partial charge in [0.25, 0.3) is 0 Å². The molecule has 0 aliphatic rings. The van der Waals surface area contributed by atoms with Gasteiger partial charge in [-0.3, -0.25) is 4.79 Å². The van der Waals surface area contributed by atoms with E-state index < -0.39 is 0 Å². The molecule has 3 heteroatoms. The van der Waals surface area contributed by atoms with Crippen molar-refractivity contribution >= 4 is 11.5 Å². The van der Waals surface area contributed by atoms with Crippen molar-refractivity contribution in [3.8, 4) is 5.75 Å². The monoisotopic (exact) mass is 283 g/mol. The molecule has 0 fully saturated rings. The second kappa shape index (κ2) is 6.44. The highest BCUT2D eigenvalue weighted by Gasteiger charge is 2.12. The second-order valence-electron chi connectivity index (χ2n) is 4.98. The third kappa shape index (κ3) is 3.07. The zero-order chi connectivity index (χ0) is 15.4. The van der Waals surface area contributed by atoms with Crippen molar-refractivity contribution in [3.63, 3.8) is 0 Å². The van der Waals surface area contributed by atoms with E-state index in [0.717, 1.165) is 12.8 Å². The third-order valence-corrected chi connectivity index (χ3v) is 3.72. The Kier molecular flexibility index (Phi) is 4.63. The van der Waals surface area contributed by atoms with Crippen molar-refractivity contribution < 1.29 is 9.53 Å². The molecule has 0 spiro atoms. The molecule has 0 aromatic heterocycles. The smallest absolute Gasteiger partial charge is 0.193 e. The van der Waals surface area contributed by atoms with Gasteiger partial charge < -0.3 is 10.5 Å². The van der Waals surface area contributed by atoms with Gasteiger partial charge in [0.05, 0.1) is 12.8 Å². The lowest BCUT2D eigenvalue weighted by Crippen LogP contribution is -2.05. The first-order valence-corrected chi connectivity index (χ1v) is 7.20. The number of carbonyl (C=O) groups is 1. The highest BCUT2D eigenvalue weighted by atomic mass is 16.5. The van der Waals surface area contributed by atoms with E-state index in [1.165, 1.54) is 11.1 Å². The lowest BCUT2D eigenvalue weighted by atomic mass is 9.96. The molecular weight excluding hydrogens is 262 g/mol. The van der Waals surface area contributed by atoms with E-state index in [2.05, 4.69) is 13.8 Å².